The third-order valence-corrected chi connectivity index (χ3v) is 6.35. The second-order valence-corrected chi connectivity index (χ2v) is 7.70. The first-order chi connectivity index (χ1) is 9.51. The van der Waals surface area contributed by atoms with E-state index in [9.17, 15) is 10.2 Å². The van der Waals surface area contributed by atoms with Crippen molar-refractivity contribution in [3.05, 3.63) is 0 Å². The molecule has 0 fully saturated rings. The van der Waals surface area contributed by atoms with Gasteiger partial charge in [-0.3, -0.25) is 0 Å². The van der Waals surface area contributed by atoms with Gasteiger partial charge >= 0.3 is 8.80 Å². The first-order valence-corrected chi connectivity index (χ1v) is 9.41. The van der Waals surface area contributed by atoms with Gasteiger partial charge in [-0.1, -0.05) is 0 Å². The molecule has 0 rings (SSSR count). The van der Waals surface area contributed by atoms with Gasteiger partial charge in [0.2, 0.25) is 0 Å². The Morgan fingerprint density at radius 1 is 0.800 bits per heavy atom. The van der Waals surface area contributed by atoms with E-state index in [1.54, 1.807) is 0 Å². The van der Waals surface area contributed by atoms with Crippen molar-refractivity contribution in [1.82, 2.24) is 0 Å². The number of aliphatic hydroxyl groups is 2. The molecule has 0 aromatic rings. The predicted molar refractivity (Wildman–Crippen MR) is 80.4 cm³/mol. The first-order valence-electron chi connectivity index (χ1n) is 7.48. The van der Waals surface area contributed by atoms with Crippen LogP contribution in [0.5, 0.6) is 0 Å². The zero-order chi connectivity index (χ0) is 15.5. The number of aliphatic hydroxyl groups excluding tert-OH is 2. The van der Waals surface area contributed by atoms with Gasteiger partial charge in [0.1, 0.15) is 13.1 Å². The molecule has 0 amide bonds. The van der Waals surface area contributed by atoms with Crippen molar-refractivity contribution in [3.8, 4) is 0 Å². The standard InChI is InChI=1S/C13H32NO5Si/c1-5-17-20(18-6-2,19-7-3)13-10-14(4,8-11-15)9-12-16/h15-16H,5-13H2,1-4H3/q+1. The van der Waals surface area contributed by atoms with Crippen molar-refractivity contribution in [3.63, 3.8) is 0 Å². The zero-order valence-corrected chi connectivity index (χ0v) is 14.4. The molecule has 0 aromatic heterocycles. The summed E-state index contributed by atoms with van der Waals surface area (Å²) < 4.78 is 18.1. The van der Waals surface area contributed by atoms with Crippen molar-refractivity contribution in [2.75, 3.05) is 59.7 Å². The Morgan fingerprint density at radius 3 is 1.50 bits per heavy atom. The minimum Gasteiger partial charge on any atom is -0.391 e. The first kappa shape index (κ1) is 20.0. The summed E-state index contributed by atoms with van der Waals surface area (Å²) in [4.78, 5) is 0. The van der Waals surface area contributed by atoms with Crippen molar-refractivity contribution in [2.45, 2.75) is 26.8 Å². The Balaban J connectivity index is 4.76. The van der Waals surface area contributed by atoms with E-state index in [0.29, 0.717) is 43.4 Å². The number of hydrogen-bond acceptors (Lipinski definition) is 5. The van der Waals surface area contributed by atoms with E-state index in [2.05, 4.69) is 0 Å². The molecular weight excluding hydrogens is 278 g/mol. The summed E-state index contributed by atoms with van der Waals surface area (Å²) in [5, 5.41) is 18.4. The highest BCUT2D eigenvalue weighted by Crippen LogP contribution is 2.18. The lowest BCUT2D eigenvalue weighted by Crippen LogP contribution is -2.54. The topological polar surface area (TPSA) is 68.2 Å². The van der Waals surface area contributed by atoms with Crippen LogP contribution < -0.4 is 0 Å². The summed E-state index contributed by atoms with van der Waals surface area (Å²) in [5.74, 6) is 0. The number of hydrogen-bond donors (Lipinski definition) is 2. The summed E-state index contributed by atoms with van der Waals surface area (Å²) in [6, 6.07) is 0.693. The largest absolute Gasteiger partial charge is 0.506 e. The Labute approximate surface area is 124 Å². The lowest BCUT2D eigenvalue weighted by Gasteiger charge is -2.36. The van der Waals surface area contributed by atoms with Gasteiger partial charge < -0.3 is 28.0 Å². The van der Waals surface area contributed by atoms with Gasteiger partial charge in [0.05, 0.1) is 32.9 Å². The number of nitrogens with zero attached hydrogens (tertiary/aromatic N) is 1. The Kier molecular flexibility index (Phi) is 10.7. The van der Waals surface area contributed by atoms with Gasteiger partial charge in [-0.2, -0.15) is 0 Å². The summed E-state index contributed by atoms with van der Waals surface area (Å²) in [7, 11) is -0.619. The maximum Gasteiger partial charge on any atom is 0.506 e. The minimum atomic E-state index is -2.64. The molecule has 0 atom stereocenters. The maximum absolute atomic E-state index is 9.19. The smallest absolute Gasteiger partial charge is 0.391 e. The fourth-order valence-corrected chi connectivity index (χ4v) is 5.04. The molecule has 0 saturated carbocycles. The molecule has 7 heteroatoms. The maximum atomic E-state index is 9.19. The fourth-order valence-electron chi connectivity index (χ4n) is 2.23. The Morgan fingerprint density at radius 2 is 1.20 bits per heavy atom. The highest BCUT2D eigenvalue weighted by atomic mass is 28.4. The number of likely N-dealkylation sites (N-methyl/N-ethyl adjacent to an activating group) is 1. The van der Waals surface area contributed by atoms with Gasteiger partial charge in [-0.15, -0.1) is 0 Å². The van der Waals surface area contributed by atoms with Crippen LogP contribution in [0.3, 0.4) is 0 Å². The van der Waals surface area contributed by atoms with Gasteiger partial charge in [0.25, 0.3) is 0 Å². The molecule has 0 spiro atoms. The van der Waals surface area contributed by atoms with E-state index in [1.165, 1.54) is 0 Å². The van der Waals surface area contributed by atoms with Crippen LogP contribution in [0.25, 0.3) is 0 Å². The molecule has 0 aliphatic rings. The van der Waals surface area contributed by atoms with E-state index >= 15 is 0 Å². The minimum absolute atomic E-state index is 0.100. The highest BCUT2D eigenvalue weighted by Gasteiger charge is 2.42. The van der Waals surface area contributed by atoms with Crippen LogP contribution in [-0.2, 0) is 13.3 Å². The summed E-state index contributed by atoms with van der Waals surface area (Å²) in [5.41, 5.74) is 0. The number of rotatable bonds is 13. The van der Waals surface area contributed by atoms with Crippen molar-refractivity contribution in [2.24, 2.45) is 0 Å². The van der Waals surface area contributed by atoms with E-state index in [0.717, 1.165) is 6.54 Å². The van der Waals surface area contributed by atoms with Crippen LogP contribution in [0.2, 0.25) is 6.04 Å². The summed E-state index contributed by atoms with van der Waals surface area (Å²) in [6.45, 7) is 9.69. The van der Waals surface area contributed by atoms with Crippen LogP contribution in [0.1, 0.15) is 20.8 Å². The molecule has 0 unspecified atom stereocenters. The zero-order valence-electron chi connectivity index (χ0n) is 13.4. The lowest BCUT2D eigenvalue weighted by molar-refractivity contribution is -0.908. The van der Waals surface area contributed by atoms with Crippen LogP contribution in [-0.4, -0.2) is 83.2 Å². The molecule has 0 radical (unpaired) electrons. The molecule has 2 N–H and O–H groups in total. The van der Waals surface area contributed by atoms with E-state index < -0.39 is 8.80 Å². The number of quaternary nitrogens is 1. The van der Waals surface area contributed by atoms with Crippen LogP contribution in [0, 0.1) is 0 Å². The van der Waals surface area contributed by atoms with E-state index in [-0.39, 0.29) is 13.2 Å². The van der Waals surface area contributed by atoms with Crippen molar-refractivity contribution in [1.29, 1.82) is 0 Å². The van der Waals surface area contributed by atoms with Gasteiger partial charge in [-0.25, -0.2) is 0 Å². The van der Waals surface area contributed by atoms with Gasteiger partial charge in [-0.05, 0) is 20.8 Å². The molecule has 0 aliphatic heterocycles. The second-order valence-electron chi connectivity index (χ2n) is 4.97. The average molecular weight is 310 g/mol. The molecular formula is C13H32NO5Si+. The molecule has 0 aromatic carbocycles. The molecule has 0 saturated heterocycles. The molecule has 20 heavy (non-hydrogen) atoms. The van der Waals surface area contributed by atoms with Crippen LogP contribution in [0.4, 0.5) is 0 Å². The molecule has 0 bridgehead atoms. The van der Waals surface area contributed by atoms with Crippen LogP contribution in [0.15, 0.2) is 0 Å². The second kappa shape index (κ2) is 10.7. The molecule has 122 valence electrons. The Hall–Kier alpha value is -0.0231. The Bertz CT molecular complexity index is 220. The third-order valence-electron chi connectivity index (χ3n) is 3.33. The lowest BCUT2D eigenvalue weighted by atomic mass is 10.4. The summed E-state index contributed by atoms with van der Waals surface area (Å²) >= 11 is 0. The predicted octanol–water partition coefficient (Wildman–Crippen LogP) is 0.466. The SMILES string of the molecule is CCO[Si](CC[N+](C)(CCO)CCO)(OCC)OCC. The molecule has 0 aliphatic carbocycles. The summed E-state index contributed by atoms with van der Waals surface area (Å²) in [6.07, 6.45) is 0. The van der Waals surface area contributed by atoms with Crippen molar-refractivity contribution < 1.29 is 28.0 Å². The third kappa shape index (κ3) is 7.12. The van der Waals surface area contributed by atoms with E-state index in [1.807, 2.05) is 27.8 Å². The van der Waals surface area contributed by atoms with Gasteiger partial charge in [0.15, 0.2) is 0 Å². The normalized spacial score (nSPS) is 12.9. The molecule has 6 nitrogen and oxygen atoms in total. The fraction of sp³-hybridized carbons (Fsp3) is 1.00. The van der Waals surface area contributed by atoms with Crippen molar-refractivity contribution >= 4 is 8.80 Å². The highest BCUT2D eigenvalue weighted by molar-refractivity contribution is 6.60. The molecule has 0 heterocycles. The van der Waals surface area contributed by atoms with E-state index in [4.69, 9.17) is 13.3 Å². The monoisotopic (exact) mass is 310 g/mol. The average Bonchev–Trinajstić information content (AvgIpc) is 2.38. The quantitative estimate of drug-likeness (QED) is 0.382. The van der Waals surface area contributed by atoms with Gasteiger partial charge in [0, 0.05) is 19.8 Å². The van der Waals surface area contributed by atoms with Crippen LogP contribution >= 0.6 is 0 Å².